The third-order valence-electron chi connectivity index (χ3n) is 4.24. The van der Waals surface area contributed by atoms with Gasteiger partial charge in [-0.05, 0) is 18.9 Å². The number of nitrogens with zero attached hydrogens (tertiary/aromatic N) is 2. The van der Waals surface area contributed by atoms with Gasteiger partial charge in [0.25, 0.3) is 0 Å². The standard InChI is InChI=1S/C17H22N4O3/c1-23-14-5-3-4-10(16(14)24-2)9-19-15-8-13(20-17(18)21-15)11-6-12(22)7-11/h3-5,8,11-12,22H,6-7,9H2,1-2H3,(H3,18,19,20,21). The van der Waals surface area contributed by atoms with Crippen LogP contribution in [0.15, 0.2) is 24.3 Å². The van der Waals surface area contributed by atoms with E-state index in [1.54, 1.807) is 14.2 Å². The molecule has 7 heteroatoms. The summed E-state index contributed by atoms with van der Waals surface area (Å²) in [7, 11) is 3.23. The molecule has 3 rings (SSSR count). The van der Waals surface area contributed by atoms with Gasteiger partial charge in [-0.25, -0.2) is 4.98 Å². The maximum Gasteiger partial charge on any atom is 0.222 e. The van der Waals surface area contributed by atoms with Crippen LogP contribution < -0.4 is 20.5 Å². The SMILES string of the molecule is COc1cccc(CNc2cc(C3CC(O)C3)nc(N)n2)c1OC. The number of aliphatic hydroxyl groups is 1. The van der Waals surface area contributed by atoms with E-state index < -0.39 is 0 Å². The number of anilines is 2. The molecule has 1 aromatic heterocycles. The Balaban J connectivity index is 1.75. The first-order valence-corrected chi connectivity index (χ1v) is 7.87. The van der Waals surface area contributed by atoms with Crippen molar-refractivity contribution in [1.29, 1.82) is 0 Å². The van der Waals surface area contributed by atoms with Crippen molar-refractivity contribution < 1.29 is 14.6 Å². The molecular formula is C17H22N4O3. The van der Waals surface area contributed by atoms with Crippen LogP contribution in [-0.4, -0.2) is 35.4 Å². The second-order valence-electron chi connectivity index (χ2n) is 5.86. The lowest BCUT2D eigenvalue weighted by atomic mass is 9.80. The lowest BCUT2D eigenvalue weighted by Gasteiger charge is -2.31. The Labute approximate surface area is 140 Å². The molecule has 0 spiro atoms. The molecular weight excluding hydrogens is 308 g/mol. The molecule has 1 heterocycles. The summed E-state index contributed by atoms with van der Waals surface area (Å²) in [4.78, 5) is 8.51. The summed E-state index contributed by atoms with van der Waals surface area (Å²) in [5.41, 5.74) is 7.63. The molecule has 0 amide bonds. The highest BCUT2D eigenvalue weighted by atomic mass is 16.5. The Morgan fingerprint density at radius 3 is 2.71 bits per heavy atom. The number of nitrogens with two attached hydrogens (primary N) is 1. The number of hydrogen-bond donors (Lipinski definition) is 3. The molecule has 1 saturated carbocycles. The van der Waals surface area contributed by atoms with Crippen LogP contribution in [0, 0.1) is 0 Å². The summed E-state index contributed by atoms with van der Waals surface area (Å²) in [5.74, 6) is 2.51. The number of para-hydroxylation sites is 1. The Bertz CT molecular complexity index is 717. The molecule has 0 atom stereocenters. The molecule has 0 radical (unpaired) electrons. The number of hydrogen-bond acceptors (Lipinski definition) is 7. The molecule has 0 saturated heterocycles. The Kier molecular flexibility index (Phi) is 4.71. The van der Waals surface area contributed by atoms with Crippen molar-refractivity contribution in [3.8, 4) is 11.5 Å². The zero-order valence-electron chi connectivity index (χ0n) is 13.8. The van der Waals surface area contributed by atoms with Crippen LogP contribution in [0.3, 0.4) is 0 Å². The minimum absolute atomic E-state index is 0.231. The summed E-state index contributed by atoms with van der Waals surface area (Å²) < 4.78 is 10.7. The van der Waals surface area contributed by atoms with Crippen molar-refractivity contribution in [3.63, 3.8) is 0 Å². The minimum atomic E-state index is -0.233. The third kappa shape index (κ3) is 3.35. The van der Waals surface area contributed by atoms with E-state index in [-0.39, 0.29) is 18.0 Å². The molecule has 0 unspecified atom stereocenters. The van der Waals surface area contributed by atoms with Crippen molar-refractivity contribution in [2.24, 2.45) is 0 Å². The molecule has 0 aliphatic heterocycles. The average molecular weight is 330 g/mol. The predicted octanol–water partition coefficient (Wildman–Crippen LogP) is 1.93. The maximum atomic E-state index is 9.46. The number of aromatic nitrogens is 2. The smallest absolute Gasteiger partial charge is 0.222 e. The van der Waals surface area contributed by atoms with Crippen LogP contribution in [0.25, 0.3) is 0 Å². The summed E-state index contributed by atoms with van der Waals surface area (Å²) in [6.45, 7) is 0.517. The van der Waals surface area contributed by atoms with Gasteiger partial charge in [-0.2, -0.15) is 4.98 Å². The van der Waals surface area contributed by atoms with Crippen LogP contribution in [0.2, 0.25) is 0 Å². The second kappa shape index (κ2) is 6.92. The normalized spacial score (nSPS) is 19.5. The fourth-order valence-electron chi connectivity index (χ4n) is 2.89. The van der Waals surface area contributed by atoms with Crippen molar-refractivity contribution in [3.05, 3.63) is 35.5 Å². The van der Waals surface area contributed by atoms with E-state index in [0.29, 0.717) is 23.9 Å². The molecule has 0 bridgehead atoms. The maximum absolute atomic E-state index is 9.46. The zero-order chi connectivity index (χ0) is 17.1. The van der Waals surface area contributed by atoms with Crippen LogP contribution in [0.1, 0.15) is 30.0 Å². The van der Waals surface area contributed by atoms with Gasteiger partial charge in [0.1, 0.15) is 5.82 Å². The third-order valence-corrected chi connectivity index (χ3v) is 4.24. The summed E-state index contributed by atoms with van der Waals surface area (Å²) in [6.07, 6.45) is 1.21. The Morgan fingerprint density at radius 2 is 2.04 bits per heavy atom. The number of aliphatic hydroxyl groups excluding tert-OH is 1. The number of nitrogens with one attached hydrogen (secondary N) is 1. The first kappa shape index (κ1) is 16.3. The highest BCUT2D eigenvalue weighted by Gasteiger charge is 2.30. The van der Waals surface area contributed by atoms with Gasteiger partial charge >= 0.3 is 0 Å². The van der Waals surface area contributed by atoms with Gasteiger partial charge in [0.05, 0.1) is 26.0 Å². The number of benzene rings is 1. The number of ether oxygens (including phenoxy) is 2. The van der Waals surface area contributed by atoms with E-state index >= 15 is 0 Å². The quantitative estimate of drug-likeness (QED) is 0.743. The van der Waals surface area contributed by atoms with Gasteiger partial charge in [0, 0.05) is 24.1 Å². The summed E-state index contributed by atoms with van der Waals surface area (Å²) in [6, 6.07) is 7.61. The molecule has 1 aliphatic rings. The molecule has 24 heavy (non-hydrogen) atoms. The van der Waals surface area contributed by atoms with E-state index in [0.717, 1.165) is 24.1 Å². The van der Waals surface area contributed by atoms with Gasteiger partial charge in [0.2, 0.25) is 5.95 Å². The predicted molar refractivity (Wildman–Crippen MR) is 91.3 cm³/mol. The van der Waals surface area contributed by atoms with E-state index in [1.165, 1.54) is 0 Å². The average Bonchev–Trinajstić information content (AvgIpc) is 2.56. The van der Waals surface area contributed by atoms with Gasteiger partial charge in [-0.3, -0.25) is 0 Å². The largest absolute Gasteiger partial charge is 0.493 e. The van der Waals surface area contributed by atoms with Gasteiger partial charge in [-0.15, -0.1) is 0 Å². The molecule has 7 nitrogen and oxygen atoms in total. The van der Waals surface area contributed by atoms with Crippen LogP contribution in [-0.2, 0) is 6.54 Å². The van der Waals surface area contributed by atoms with E-state index in [1.807, 2.05) is 24.3 Å². The Morgan fingerprint density at radius 1 is 1.25 bits per heavy atom. The number of nitrogen functional groups attached to an aromatic ring is 1. The van der Waals surface area contributed by atoms with Gasteiger partial charge in [-0.1, -0.05) is 12.1 Å². The van der Waals surface area contributed by atoms with Crippen molar-refractivity contribution in [1.82, 2.24) is 9.97 Å². The topological polar surface area (TPSA) is 103 Å². The van der Waals surface area contributed by atoms with Crippen LogP contribution in [0.4, 0.5) is 11.8 Å². The van der Waals surface area contributed by atoms with Gasteiger partial charge in [0.15, 0.2) is 11.5 Å². The highest BCUT2D eigenvalue weighted by molar-refractivity contribution is 5.49. The number of rotatable bonds is 6. The molecule has 1 aromatic carbocycles. The van der Waals surface area contributed by atoms with Crippen molar-refractivity contribution in [2.75, 3.05) is 25.3 Å². The zero-order valence-corrected chi connectivity index (χ0v) is 13.8. The van der Waals surface area contributed by atoms with Crippen molar-refractivity contribution in [2.45, 2.75) is 31.4 Å². The first-order chi connectivity index (χ1) is 11.6. The highest BCUT2D eigenvalue weighted by Crippen LogP contribution is 2.36. The molecule has 1 fully saturated rings. The first-order valence-electron chi connectivity index (χ1n) is 7.87. The molecule has 1 aliphatic carbocycles. The monoisotopic (exact) mass is 330 g/mol. The molecule has 2 aromatic rings. The van der Waals surface area contributed by atoms with E-state index in [4.69, 9.17) is 15.2 Å². The minimum Gasteiger partial charge on any atom is -0.493 e. The van der Waals surface area contributed by atoms with Crippen molar-refractivity contribution >= 4 is 11.8 Å². The molecule has 4 N–H and O–H groups in total. The fraction of sp³-hybridized carbons (Fsp3) is 0.412. The fourth-order valence-corrected chi connectivity index (χ4v) is 2.89. The number of methoxy groups -OCH3 is 2. The Hall–Kier alpha value is -2.54. The van der Waals surface area contributed by atoms with Crippen LogP contribution in [0.5, 0.6) is 11.5 Å². The summed E-state index contributed by atoms with van der Waals surface area (Å²) >= 11 is 0. The van der Waals surface area contributed by atoms with Crippen LogP contribution >= 0.6 is 0 Å². The van der Waals surface area contributed by atoms with E-state index in [2.05, 4.69) is 15.3 Å². The van der Waals surface area contributed by atoms with Gasteiger partial charge < -0.3 is 25.6 Å². The second-order valence-corrected chi connectivity index (χ2v) is 5.86. The summed E-state index contributed by atoms with van der Waals surface area (Å²) in [5, 5.41) is 12.7. The van der Waals surface area contributed by atoms with E-state index in [9.17, 15) is 5.11 Å². The lowest BCUT2D eigenvalue weighted by Crippen LogP contribution is -2.27. The lowest BCUT2D eigenvalue weighted by molar-refractivity contribution is 0.0732. The molecule has 128 valence electrons.